The molecule has 5 nitrogen and oxygen atoms in total. The van der Waals surface area contributed by atoms with E-state index in [0.29, 0.717) is 29.2 Å². The summed E-state index contributed by atoms with van der Waals surface area (Å²) in [7, 11) is 0. The Morgan fingerprint density at radius 3 is 3.11 bits per heavy atom. The Morgan fingerprint density at radius 1 is 1.47 bits per heavy atom. The number of aliphatic hydroxyl groups excluding tert-OH is 1. The molecule has 98 valence electrons. The van der Waals surface area contributed by atoms with Gasteiger partial charge < -0.3 is 15.0 Å². The van der Waals surface area contributed by atoms with Crippen LogP contribution in [0.2, 0.25) is 5.02 Å². The summed E-state index contributed by atoms with van der Waals surface area (Å²) in [5.74, 6) is -0.195. The van der Waals surface area contributed by atoms with Crippen LogP contribution in [0.3, 0.4) is 0 Å². The van der Waals surface area contributed by atoms with Crippen molar-refractivity contribution in [3.63, 3.8) is 0 Å². The van der Waals surface area contributed by atoms with Gasteiger partial charge in [-0.25, -0.2) is 4.98 Å². The average Bonchev–Trinajstić information content (AvgIpc) is 2.72. The molecule has 0 bridgehead atoms. The van der Waals surface area contributed by atoms with Gasteiger partial charge in [-0.2, -0.15) is 0 Å². The van der Waals surface area contributed by atoms with Crippen molar-refractivity contribution in [2.24, 2.45) is 0 Å². The number of benzene rings is 1. The summed E-state index contributed by atoms with van der Waals surface area (Å²) < 4.78 is 1.85. The number of carbonyl (C=O) groups is 1. The number of carbonyl (C=O) groups excluding carboxylic acids is 1. The molecule has 1 amide bonds. The van der Waals surface area contributed by atoms with Gasteiger partial charge in [-0.15, -0.1) is 0 Å². The molecule has 3 rings (SSSR count). The summed E-state index contributed by atoms with van der Waals surface area (Å²) >= 11 is 6.11. The fraction of sp³-hybridized carbons (Fsp3) is 0.231. The van der Waals surface area contributed by atoms with Gasteiger partial charge in [-0.05, 0) is 12.1 Å². The van der Waals surface area contributed by atoms with Gasteiger partial charge in [0.05, 0.1) is 40.5 Å². The molecule has 1 aliphatic rings. The highest BCUT2D eigenvalue weighted by Crippen LogP contribution is 2.27. The van der Waals surface area contributed by atoms with E-state index >= 15 is 0 Å². The number of hydrogen-bond donors (Lipinski definition) is 2. The summed E-state index contributed by atoms with van der Waals surface area (Å²) in [6, 6.07) is 5.33. The quantitative estimate of drug-likeness (QED) is 0.870. The minimum Gasteiger partial charge on any atom is -0.396 e. The van der Waals surface area contributed by atoms with E-state index in [0.717, 1.165) is 11.4 Å². The highest BCUT2D eigenvalue weighted by atomic mass is 35.5. The molecule has 1 aliphatic heterocycles. The number of halogens is 1. The van der Waals surface area contributed by atoms with Gasteiger partial charge in [-0.1, -0.05) is 17.7 Å². The van der Waals surface area contributed by atoms with E-state index in [1.54, 1.807) is 18.5 Å². The number of nitrogens with zero attached hydrogens (tertiary/aromatic N) is 2. The zero-order chi connectivity index (χ0) is 13.4. The lowest BCUT2D eigenvalue weighted by Gasteiger charge is -2.08. The number of aromatic nitrogens is 2. The number of amides is 1. The van der Waals surface area contributed by atoms with Crippen molar-refractivity contribution in [2.45, 2.75) is 13.0 Å². The number of nitrogens with one attached hydrogen (secondary N) is 1. The number of fused-ring (bicyclic) bond motifs is 3. The van der Waals surface area contributed by atoms with Gasteiger partial charge in [0.15, 0.2) is 0 Å². The van der Waals surface area contributed by atoms with Gasteiger partial charge >= 0.3 is 0 Å². The monoisotopic (exact) mass is 277 g/mol. The predicted octanol–water partition coefficient (Wildman–Crippen LogP) is 1.30. The molecule has 0 aliphatic carbocycles. The van der Waals surface area contributed by atoms with Crippen LogP contribution in [0, 0.1) is 0 Å². The molecule has 0 atom stereocenters. The van der Waals surface area contributed by atoms with Gasteiger partial charge in [0, 0.05) is 13.0 Å². The summed E-state index contributed by atoms with van der Waals surface area (Å²) in [6.45, 7) is 0.402. The lowest BCUT2D eigenvalue weighted by atomic mass is 10.1. The maximum absolute atomic E-state index is 12.1. The Morgan fingerprint density at radius 2 is 2.32 bits per heavy atom. The molecule has 0 saturated carbocycles. The molecule has 0 fully saturated rings. The van der Waals surface area contributed by atoms with E-state index in [1.165, 1.54) is 0 Å². The Balaban J connectivity index is 2.22. The average molecular weight is 278 g/mol. The highest BCUT2D eigenvalue weighted by Gasteiger charge is 2.23. The van der Waals surface area contributed by atoms with Crippen LogP contribution in [-0.4, -0.2) is 27.2 Å². The lowest BCUT2D eigenvalue weighted by molar-refractivity contribution is 0.0953. The van der Waals surface area contributed by atoms with Crippen LogP contribution in [0.15, 0.2) is 24.5 Å². The zero-order valence-corrected chi connectivity index (χ0v) is 10.8. The Hall–Kier alpha value is -1.85. The highest BCUT2D eigenvalue weighted by molar-refractivity contribution is 6.34. The molecule has 19 heavy (non-hydrogen) atoms. The maximum atomic E-state index is 12.1. The van der Waals surface area contributed by atoms with E-state index in [4.69, 9.17) is 16.7 Å². The molecule has 0 unspecified atom stereocenters. The molecule has 1 aromatic carbocycles. The smallest absolute Gasteiger partial charge is 0.255 e. The predicted molar refractivity (Wildman–Crippen MR) is 70.5 cm³/mol. The third-order valence-corrected chi connectivity index (χ3v) is 3.51. The molecule has 0 spiro atoms. The maximum Gasteiger partial charge on any atom is 0.255 e. The van der Waals surface area contributed by atoms with Gasteiger partial charge in [-0.3, -0.25) is 4.79 Å². The van der Waals surface area contributed by atoms with Crippen LogP contribution in [0.1, 0.15) is 21.7 Å². The third-order valence-electron chi connectivity index (χ3n) is 3.20. The second kappa shape index (κ2) is 4.68. The minimum absolute atomic E-state index is 0.0281. The van der Waals surface area contributed by atoms with Crippen molar-refractivity contribution < 1.29 is 9.90 Å². The van der Waals surface area contributed by atoms with E-state index in [2.05, 4.69) is 10.3 Å². The molecule has 0 radical (unpaired) electrons. The van der Waals surface area contributed by atoms with Gasteiger partial charge in [0.25, 0.3) is 5.91 Å². The molecule has 1 aromatic heterocycles. The van der Waals surface area contributed by atoms with Crippen LogP contribution in [0.5, 0.6) is 0 Å². The minimum atomic E-state index is -0.195. The molecule has 2 N–H and O–H groups in total. The fourth-order valence-electron chi connectivity index (χ4n) is 2.31. The molecule has 0 saturated heterocycles. The first-order valence-electron chi connectivity index (χ1n) is 5.95. The number of aliphatic hydroxyl groups is 1. The van der Waals surface area contributed by atoms with Gasteiger partial charge in [0.1, 0.15) is 0 Å². The third kappa shape index (κ3) is 1.91. The number of rotatable bonds is 2. The summed E-state index contributed by atoms with van der Waals surface area (Å²) in [4.78, 5) is 16.4. The fourth-order valence-corrected chi connectivity index (χ4v) is 2.57. The molecule has 6 heteroatoms. The molecule has 2 aromatic rings. The molecular formula is C13H12ClN3O2. The second-order valence-electron chi connectivity index (χ2n) is 4.30. The van der Waals surface area contributed by atoms with Crippen LogP contribution in [0.25, 0.3) is 5.69 Å². The first-order valence-corrected chi connectivity index (χ1v) is 6.33. The second-order valence-corrected chi connectivity index (χ2v) is 4.71. The zero-order valence-electron chi connectivity index (χ0n) is 10.1. The Labute approximate surface area is 114 Å². The van der Waals surface area contributed by atoms with E-state index in [9.17, 15) is 4.79 Å². The van der Waals surface area contributed by atoms with Crippen molar-refractivity contribution in [3.05, 3.63) is 46.5 Å². The molecular weight excluding hydrogens is 266 g/mol. The number of hydrogen-bond acceptors (Lipinski definition) is 3. The van der Waals surface area contributed by atoms with Gasteiger partial charge in [0.2, 0.25) is 0 Å². The van der Waals surface area contributed by atoms with E-state index in [1.807, 2.05) is 10.6 Å². The van der Waals surface area contributed by atoms with Crippen molar-refractivity contribution in [2.75, 3.05) is 6.61 Å². The van der Waals surface area contributed by atoms with E-state index in [-0.39, 0.29) is 12.5 Å². The Kier molecular flexibility index (Phi) is 3.00. The largest absolute Gasteiger partial charge is 0.396 e. The van der Waals surface area contributed by atoms with Crippen molar-refractivity contribution in [1.29, 1.82) is 0 Å². The van der Waals surface area contributed by atoms with Crippen LogP contribution in [0.4, 0.5) is 0 Å². The summed E-state index contributed by atoms with van der Waals surface area (Å²) in [6.07, 6.45) is 2.13. The van der Waals surface area contributed by atoms with Crippen molar-refractivity contribution in [3.8, 4) is 5.69 Å². The first kappa shape index (κ1) is 12.2. The topological polar surface area (TPSA) is 67.2 Å². The standard InChI is InChI=1S/C13H12ClN3O2/c14-8-2-1-3-10-12(8)13(19)15-6-11-9(4-5-18)16-7-17(10)11/h1-3,7,18H,4-6H2,(H,15,19). The molecule has 2 heterocycles. The van der Waals surface area contributed by atoms with Crippen LogP contribution < -0.4 is 5.32 Å². The van der Waals surface area contributed by atoms with Crippen LogP contribution in [-0.2, 0) is 13.0 Å². The first-order chi connectivity index (χ1) is 9.22. The SMILES string of the molecule is O=C1NCc2c(CCO)ncn2-c2cccc(Cl)c21. The normalized spacial score (nSPS) is 13.5. The van der Waals surface area contributed by atoms with Crippen molar-refractivity contribution in [1.82, 2.24) is 14.9 Å². The summed E-state index contributed by atoms with van der Waals surface area (Å²) in [5.41, 5.74) is 2.84. The van der Waals surface area contributed by atoms with E-state index < -0.39 is 0 Å². The Bertz CT molecular complexity index is 651. The van der Waals surface area contributed by atoms with Crippen LogP contribution >= 0.6 is 11.6 Å². The lowest BCUT2D eigenvalue weighted by Crippen LogP contribution is -2.22. The summed E-state index contributed by atoms with van der Waals surface area (Å²) in [5, 5.41) is 12.3. The number of imidazole rings is 1. The van der Waals surface area contributed by atoms with Crippen molar-refractivity contribution >= 4 is 17.5 Å².